The Kier molecular flexibility index (Phi) is 5.32. The van der Waals surface area contributed by atoms with Gasteiger partial charge in [-0.05, 0) is 42.7 Å². The van der Waals surface area contributed by atoms with E-state index in [1.807, 2.05) is 0 Å². The summed E-state index contributed by atoms with van der Waals surface area (Å²) in [6.07, 6.45) is 1.30. The Morgan fingerprint density at radius 2 is 1.90 bits per heavy atom. The first-order valence-electron chi connectivity index (χ1n) is 9.24. The second-order valence-corrected chi connectivity index (χ2v) is 7.04. The van der Waals surface area contributed by atoms with Crippen molar-refractivity contribution in [1.29, 1.82) is 0 Å². The monoisotopic (exact) mass is 398 g/mol. The average Bonchev–Trinajstić information content (AvgIpc) is 3.47. The maximum Gasteiger partial charge on any atom is 0.269 e. The van der Waals surface area contributed by atoms with E-state index in [1.165, 1.54) is 24.3 Å². The van der Waals surface area contributed by atoms with E-state index in [9.17, 15) is 19.6 Å². The molecule has 1 aliphatic rings. The summed E-state index contributed by atoms with van der Waals surface area (Å²) in [6.45, 7) is 0.744. The highest BCUT2D eigenvalue weighted by Crippen LogP contribution is 2.30. The van der Waals surface area contributed by atoms with Gasteiger partial charge in [-0.1, -0.05) is 17.3 Å². The zero-order valence-electron chi connectivity index (χ0n) is 15.4. The first-order valence-corrected chi connectivity index (χ1v) is 9.24. The van der Waals surface area contributed by atoms with Crippen molar-refractivity contribution in [2.75, 3.05) is 6.54 Å². The molecule has 1 aromatic heterocycles. The molecular formula is C20H19FN4O4. The van der Waals surface area contributed by atoms with Crippen LogP contribution >= 0.6 is 0 Å². The summed E-state index contributed by atoms with van der Waals surface area (Å²) >= 11 is 0. The van der Waals surface area contributed by atoms with Crippen LogP contribution in [0.3, 0.4) is 0 Å². The van der Waals surface area contributed by atoms with E-state index >= 15 is 0 Å². The number of nitro benzene ring substituents is 1. The highest BCUT2D eigenvalue weighted by molar-refractivity contribution is 5.56. The molecule has 1 atom stereocenters. The number of aliphatic hydroxyl groups excluding tert-OH is 1. The Hall–Kier alpha value is -3.17. The molecule has 1 fully saturated rings. The number of rotatable bonds is 8. The Labute approximate surface area is 165 Å². The minimum Gasteiger partial charge on any atom is -0.387 e. The number of aromatic nitrogens is 2. The van der Waals surface area contributed by atoms with Gasteiger partial charge >= 0.3 is 0 Å². The molecule has 1 saturated carbocycles. The second-order valence-electron chi connectivity index (χ2n) is 7.04. The van der Waals surface area contributed by atoms with Crippen LogP contribution in [-0.4, -0.2) is 37.7 Å². The molecule has 150 valence electrons. The van der Waals surface area contributed by atoms with Crippen molar-refractivity contribution in [2.45, 2.75) is 31.5 Å². The Morgan fingerprint density at radius 1 is 1.21 bits per heavy atom. The standard InChI is InChI=1S/C20H19FN4O4/c21-15-5-1-13(2-6-15)18(26)11-24(16-9-10-16)12-19-22-20(23-29-19)14-3-7-17(8-4-14)25(27)28/h1-8,16,18,26H,9-12H2. The van der Waals surface area contributed by atoms with E-state index in [2.05, 4.69) is 15.0 Å². The number of nitrogens with zero attached hydrogens (tertiary/aromatic N) is 4. The number of hydrogen-bond acceptors (Lipinski definition) is 7. The zero-order valence-corrected chi connectivity index (χ0v) is 15.4. The summed E-state index contributed by atoms with van der Waals surface area (Å²) in [7, 11) is 0. The van der Waals surface area contributed by atoms with Crippen LogP contribution in [0.2, 0.25) is 0 Å². The van der Waals surface area contributed by atoms with Crippen molar-refractivity contribution in [3.8, 4) is 11.4 Å². The third-order valence-electron chi connectivity index (χ3n) is 4.87. The van der Waals surface area contributed by atoms with Gasteiger partial charge in [-0.2, -0.15) is 4.98 Å². The molecule has 4 rings (SSSR count). The summed E-state index contributed by atoms with van der Waals surface area (Å²) in [4.78, 5) is 16.7. The summed E-state index contributed by atoms with van der Waals surface area (Å²) in [6, 6.07) is 12.1. The predicted molar refractivity (Wildman–Crippen MR) is 101 cm³/mol. The fourth-order valence-electron chi connectivity index (χ4n) is 3.14. The van der Waals surface area contributed by atoms with Crippen LogP contribution < -0.4 is 0 Å². The lowest BCUT2D eigenvalue weighted by Gasteiger charge is -2.23. The molecule has 0 amide bonds. The van der Waals surface area contributed by atoms with E-state index < -0.39 is 11.0 Å². The molecule has 8 nitrogen and oxygen atoms in total. The van der Waals surface area contributed by atoms with Crippen molar-refractivity contribution >= 4 is 5.69 Å². The second kappa shape index (κ2) is 8.06. The largest absolute Gasteiger partial charge is 0.387 e. The van der Waals surface area contributed by atoms with Crippen LogP contribution in [0.4, 0.5) is 10.1 Å². The van der Waals surface area contributed by atoms with Crippen molar-refractivity contribution < 1.29 is 18.9 Å². The summed E-state index contributed by atoms with van der Waals surface area (Å²) in [5.74, 6) is 0.408. The summed E-state index contributed by atoms with van der Waals surface area (Å²) in [5.41, 5.74) is 1.26. The lowest BCUT2D eigenvalue weighted by Crippen LogP contribution is -2.30. The molecule has 0 bridgehead atoms. The molecule has 9 heteroatoms. The van der Waals surface area contributed by atoms with Crippen LogP contribution in [0.1, 0.15) is 30.4 Å². The lowest BCUT2D eigenvalue weighted by molar-refractivity contribution is -0.384. The molecule has 29 heavy (non-hydrogen) atoms. The van der Waals surface area contributed by atoms with Crippen LogP contribution in [0.25, 0.3) is 11.4 Å². The topological polar surface area (TPSA) is 106 Å². The molecule has 1 unspecified atom stereocenters. The van der Waals surface area contributed by atoms with Gasteiger partial charge in [0.05, 0.1) is 17.6 Å². The zero-order chi connectivity index (χ0) is 20.4. The molecule has 0 spiro atoms. The predicted octanol–water partition coefficient (Wildman–Crippen LogP) is 3.48. The van der Waals surface area contributed by atoms with Crippen molar-refractivity contribution in [2.24, 2.45) is 0 Å². The van der Waals surface area contributed by atoms with Crippen molar-refractivity contribution in [3.63, 3.8) is 0 Å². The van der Waals surface area contributed by atoms with Gasteiger partial charge < -0.3 is 9.63 Å². The van der Waals surface area contributed by atoms with Gasteiger partial charge in [0.15, 0.2) is 0 Å². The number of nitro groups is 1. The van der Waals surface area contributed by atoms with Gasteiger partial charge in [-0.3, -0.25) is 15.0 Å². The van der Waals surface area contributed by atoms with Crippen LogP contribution in [-0.2, 0) is 6.54 Å². The summed E-state index contributed by atoms with van der Waals surface area (Å²) < 4.78 is 18.4. The minimum absolute atomic E-state index is 0.00726. The van der Waals surface area contributed by atoms with Gasteiger partial charge in [0.1, 0.15) is 5.82 Å². The normalized spacial score (nSPS) is 14.9. The van der Waals surface area contributed by atoms with Crippen molar-refractivity contribution in [3.05, 3.63) is 75.9 Å². The van der Waals surface area contributed by atoms with E-state index in [1.54, 1.807) is 24.3 Å². The van der Waals surface area contributed by atoms with Crippen molar-refractivity contribution in [1.82, 2.24) is 15.0 Å². The van der Waals surface area contributed by atoms with E-state index in [0.717, 1.165) is 12.8 Å². The molecular weight excluding hydrogens is 379 g/mol. The maximum atomic E-state index is 13.1. The first-order chi connectivity index (χ1) is 14.0. The van der Waals surface area contributed by atoms with Crippen LogP contribution in [0, 0.1) is 15.9 Å². The highest BCUT2D eigenvalue weighted by Gasteiger charge is 2.32. The Balaban J connectivity index is 1.44. The molecule has 2 aromatic carbocycles. The SMILES string of the molecule is O=[N+]([O-])c1ccc(-c2noc(CN(CC(O)c3ccc(F)cc3)C3CC3)n2)cc1. The van der Waals surface area contributed by atoms with Crippen LogP contribution in [0.15, 0.2) is 53.1 Å². The maximum absolute atomic E-state index is 13.1. The number of halogens is 1. The molecule has 0 saturated heterocycles. The fraction of sp³-hybridized carbons (Fsp3) is 0.300. The number of hydrogen-bond donors (Lipinski definition) is 1. The van der Waals surface area contributed by atoms with Gasteiger partial charge in [0.25, 0.3) is 5.69 Å². The third-order valence-corrected chi connectivity index (χ3v) is 4.87. The van der Waals surface area contributed by atoms with Gasteiger partial charge in [-0.25, -0.2) is 4.39 Å². The van der Waals surface area contributed by atoms with E-state index in [0.29, 0.717) is 42.0 Å². The smallest absolute Gasteiger partial charge is 0.269 e. The number of aliphatic hydroxyl groups is 1. The van der Waals surface area contributed by atoms with Gasteiger partial charge in [0.2, 0.25) is 11.7 Å². The first kappa shape index (κ1) is 19.2. The molecule has 3 aromatic rings. The molecule has 1 heterocycles. The lowest BCUT2D eigenvalue weighted by atomic mass is 10.1. The fourth-order valence-corrected chi connectivity index (χ4v) is 3.14. The molecule has 0 radical (unpaired) electrons. The van der Waals surface area contributed by atoms with E-state index in [4.69, 9.17) is 4.52 Å². The van der Waals surface area contributed by atoms with Gasteiger partial charge in [-0.15, -0.1) is 0 Å². The minimum atomic E-state index is -0.756. The third kappa shape index (κ3) is 4.64. The molecule has 0 aliphatic heterocycles. The molecule has 1 aliphatic carbocycles. The average molecular weight is 398 g/mol. The highest BCUT2D eigenvalue weighted by atomic mass is 19.1. The molecule has 1 N–H and O–H groups in total. The summed E-state index contributed by atoms with van der Waals surface area (Å²) in [5, 5.41) is 25.2. The Morgan fingerprint density at radius 3 is 2.52 bits per heavy atom. The van der Waals surface area contributed by atoms with Gasteiger partial charge in [0, 0.05) is 30.3 Å². The Bertz CT molecular complexity index is 986. The van der Waals surface area contributed by atoms with E-state index in [-0.39, 0.29) is 11.5 Å². The van der Waals surface area contributed by atoms with Crippen LogP contribution in [0.5, 0.6) is 0 Å². The number of benzene rings is 2. The number of non-ortho nitro benzene ring substituents is 1. The quantitative estimate of drug-likeness (QED) is 0.457.